The van der Waals surface area contributed by atoms with Gasteiger partial charge in [-0.25, -0.2) is 4.79 Å². The van der Waals surface area contributed by atoms with E-state index in [-0.39, 0.29) is 16.7 Å². The van der Waals surface area contributed by atoms with E-state index < -0.39 is 28.9 Å². The maximum Gasteiger partial charge on any atom is 0.336 e. The highest BCUT2D eigenvalue weighted by Crippen LogP contribution is 2.17. The molecule has 0 heterocycles. The molecule has 0 fully saturated rings. The number of nitro groups is 2. The third-order valence-corrected chi connectivity index (χ3v) is 2.09. The van der Waals surface area contributed by atoms with Crippen molar-refractivity contribution in [2.24, 2.45) is 0 Å². The van der Waals surface area contributed by atoms with Crippen molar-refractivity contribution in [2.75, 3.05) is 0 Å². The van der Waals surface area contributed by atoms with Gasteiger partial charge in [0.25, 0.3) is 0 Å². The van der Waals surface area contributed by atoms with Crippen LogP contribution >= 0.6 is 0 Å². The molecule has 0 radical (unpaired) electrons. The molecule has 0 bridgehead atoms. The van der Waals surface area contributed by atoms with Gasteiger partial charge in [-0.2, -0.15) is 0 Å². The Kier molecular flexibility index (Phi) is 3.70. The Balaban J connectivity index is 3.28. The lowest BCUT2D eigenvalue weighted by Crippen LogP contribution is -2.12. The molecule has 1 aromatic carbocycles. The molecular formula is C9H8N2O6. The number of benzene rings is 1. The predicted molar refractivity (Wildman–Crippen MR) is 54.8 cm³/mol. The van der Waals surface area contributed by atoms with Crippen LogP contribution in [-0.4, -0.2) is 20.9 Å². The number of hydrogen-bond donors (Lipinski definition) is 1. The molecule has 90 valence electrons. The summed E-state index contributed by atoms with van der Waals surface area (Å²) in [6.07, 6.45) is 0. The van der Waals surface area contributed by atoms with Gasteiger partial charge in [-0.15, -0.1) is 0 Å². The van der Waals surface area contributed by atoms with Crippen LogP contribution in [-0.2, 0) is 13.1 Å². The summed E-state index contributed by atoms with van der Waals surface area (Å²) in [5, 5.41) is 29.6. The predicted octanol–water partition coefficient (Wildman–Crippen LogP) is 0.938. The van der Waals surface area contributed by atoms with Crippen molar-refractivity contribution in [3.63, 3.8) is 0 Å². The first-order chi connectivity index (χ1) is 7.91. The summed E-state index contributed by atoms with van der Waals surface area (Å²) in [4.78, 5) is 30.3. The summed E-state index contributed by atoms with van der Waals surface area (Å²) in [6.45, 7) is -1.38. The topological polar surface area (TPSA) is 124 Å². The zero-order valence-electron chi connectivity index (χ0n) is 8.53. The summed E-state index contributed by atoms with van der Waals surface area (Å²) in [5.41, 5.74) is -0.352. The molecule has 8 heteroatoms. The van der Waals surface area contributed by atoms with Gasteiger partial charge < -0.3 is 5.11 Å². The highest BCUT2D eigenvalue weighted by Gasteiger charge is 2.20. The van der Waals surface area contributed by atoms with Crippen molar-refractivity contribution in [2.45, 2.75) is 13.1 Å². The minimum atomic E-state index is -1.34. The largest absolute Gasteiger partial charge is 0.478 e. The molecule has 0 saturated carbocycles. The van der Waals surface area contributed by atoms with Gasteiger partial charge in [0.15, 0.2) is 0 Å². The maximum atomic E-state index is 10.8. The normalized spacial score (nSPS) is 9.88. The SMILES string of the molecule is O=C(O)c1cccc(C[N+](=O)[O-])c1C[N+](=O)[O-]. The Hall–Kier alpha value is -2.51. The summed E-state index contributed by atoms with van der Waals surface area (Å²) in [6, 6.07) is 3.82. The minimum absolute atomic E-state index is 0.0478. The van der Waals surface area contributed by atoms with Crippen LogP contribution in [0, 0.1) is 20.2 Å². The summed E-state index contributed by atoms with van der Waals surface area (Å²) < 4.78 is 0. The van der Waals surface area contributed by atoms with Crippen molar-refractivity contribution in [1.82, 2.24) is 0 Å². The van der Waals surface area contributed by atoms with Crippen molar-refractivity contribution in [3.8, 4) is 0 Å². The van der Waals surface area contributed by atoms with Gasteiger partial charge in [0.05, 0.1) is 5.56 Å². The van der Waals surface area contributed by atoms with Crippen LogP contribution in [0.4, 0.5) is 0 Å². The second-order valence-corrected chi connectivity index (χ2v) is 3.23. The maximum absolute atomic E-state index is 10.8. The van der Waals surface area contributed by atoms with Crippen molar-refractivity contribution in [3.05, 3.63) is 55.1 Å². The van der Waals surface area contributed by atoms with Crippen molar-refractivity contribution >= 4 is 5.97 Å². The molecule has 0 atom stereocenters. The quantitative estimate of drug-likeness (QED) is 0.603. The molecular weight excluding hydrogens is 232 g/mol. The first kappa shape index (κ1) is 12.6. The number of aromatic carboxylic acids is 1. The van der Waals surface area contributed by atoms with Crippen LogP contribution in [0.3, 0.4) is 0 Å². The molecule has 1 aromatic rings. The van der Waals surface area contributed by atoms with Crippen LogP contribution in [0.15, 0.2) is 18.2 Å². The van der Waals surface area contributed by atoms with E-state index in [2.05, 4.69) is 0 Å². The van der Waals surface area contributed by atoms with Crippen molar-refractivity contribution in [1.29, 1.82) is 0 Å². The lowest BCUT2D eigenvalue weighted by Gasteiger charge is -2.05. The van der Waals surface area contributed by atoms with E-state index >= 15 is 0 Å². The average molecular weight is 240 g/mol. The highest BCUT2D eigenvalue weighted by atomic mass is 16.6. The summed E-state index contributed by atoms with van der Waals surface area (Å²) in [7, 11) is 0. The smallest absolute Gasteiger partial charge is 0.336 e. The van der Waals surface area contributed by atoms with Gasteiger partial charge >= 0.3 is 5.97 Å². The van der Waals surface area contributed by atoms with Crippen molar-refractivity contribution < 1.29 is 19.7 Å². The molecule has 0 aliphatic heterocycles. The van der Waals surface area contributed by atoms with E-state index in [4.69, 9.17) is 5.11 Å². The molecule has 1 rings (SSSR count). The number of carboxylic acids is 1. The lowest BCUT2D eigenvalue weighted by molar-refractivity contribution is -0.503. The molecule has 0 amide bonds. The Labute approximate surface area is 94.8 Å². The van der Waals surface area contributed by atoms with Gasteiger partial charge in [-0.05, 0) is 6.07 Å². The van der Waals surface area contributed by atoms with Gasteiger partial charge in [-0.3, -0.25) is 20.2 Å². The first-order valence-electron chi connectivity index (χ1n) is 4.49. The van der Waals surface area contributed by atoms with Crippen LogP contribution in [0.25, 0.3) is 0 Å². The van der Waals surface area contributed by atoms with Gasteiger partial charge in [0.1, 0.15) is 0 Å². The lowest BCUT2D eigenvalue weighted by atomic mass is 10.0. The third kappa shape index (κ3) is 3.23. The average Bonchev–Trinajstić information content (AvgIpc) is 2.18. The number of nitrogens with zero attached hydrogens (tertiary/aromatic N) is 2. The van der Waals surface area contributed by atoms with E-state index in [1.165, 1.54) is 18.2 Å². The fourth-order valence-electron chi connectivity index (χ4n) is 1.44. The zero-order valence-corrected chi connectivity index (χ0v) is 8.53. The first-order valence-corrected chi connectivity index (χ1v) is 4.49. The Morgan fingerprint density at radius 3 is 2.24 bits per heavy atom. The standard InChI is InChI=1S/C9H8N2O6/c12-9(13)7-3-1-2-6(4-10(14)15)8(7)5-11(16)17/h1-3H,4-5H2,(H,12,13). The molecule has 0 spiro atoms. The van der Waals surface area contributed by atoms with Gasteiger partial charge in [-0.1, -0.05) is 12.1 Å². The molecule has 0 aliphatic rings. The van der Waals surface area contributed by atoms with E-state index in [1.54, 1.807) is 0 Å². The number of hydrogen-bond acceptors (Lipinski definition) is 5. The fraction of sp³-hybridized carbons (Fsp3) is 0.222. The Morgan fingerprint density at radius 1 is 1.18 bits per heavy atom. The number of carboxylic acid groups (broad SMARTS) is 1. The fourth-order valence-corrected chi connectivity index (χ4v) is 1.44. The minimum Gasteiger partial charge on any atom is -0.478 e. The monoisotopic (exact) mass is 240 g/mol. The van der Waals surface area contributed by atoms with Gasteiger partial charge in [0, 0.05) is 21.0 Å². The van der Waals surface area contributed by atoms with E-state index in [0.717, 1.165) is 0 Å². The molecule has 0 aromatic heterocycles. The molecule has 0 saturated heterocycles. The Morgan fingerprint density at radius 2 is 1.76 bits per heavy atom. The zero-order chi connectivity index (χ0) is 13.0. The second-order valence-electron chi connectivity index (χ2n) is 3.23. The highest BCUT2D eigenvalue weighted by molar-refractivity contribution is 5.89. The van der Waals surface area contributed by atoms with Gasteiger partial charge in [0.2, 0.25) is 13.1 Å². The second kappa shape index (κ2) is 5.01. The van der Waals surface area contributed by atoms with Crippen LogP contribution in [0.2, 0.25) is 0 Å². The van der Waals surface area contributed by atoms with E-state index in [1.807, 2.05) is 0 Å². The number of rotatable bonds is 5. The molecule has 0 unspecified atom stereocenters. The molecule has 0 aliphatic carbocycles. The summed E-state index contributed by atoms with van der Waals surface area (Å²) >= 11 is 0. The van der Waals surface area contributed by atoms with Crippen LogP contribution in [0.1, 0.15) is 21.5 Å². The van der Waals surface area contributed by atoms with Crippen LogP contribution in [0.5, 0.6) is 0 Å². The summed E-state index contributed by atoms with van der Waals surface area (Å²) in [5.74, 6) is -1.34. The van der Waals surface area contributed by atoms with E-state index in [9.17, 15) is 25.0 Å². The molecule has 8 nitrogen and oxygen atoms in total. The number of carbonyl (C=O) groups is 1. The van der Waals surface area contributed by atoms with E-state index in [0.29, 0.717) is 0 Å². The van der Waals surface area contributed by atoms with Crippen LogP contribution < -0.4 is 0 Å². The molecule has 17 heavy (non-hydrogen) atoms. The Bertz CT molecular complexity index is 484. The molecule has 1 N–H and O–H groups in total. The third-order valence-electron chi connectivity index (χ3n) is 2.09.